The number of hydrazone groups is 1. The maximum Gasteiger partial charge on any atom is 0.329 e. The molecule has 0 aliphatic heterocycles. The highest BCUT2D eigenvalue weighted by Crippen LogP contribution is 2.32. The number of carbonyl (C=O) groups is 2. The van der Waals surface area contributed by atoms with Gasteiger partial charge in [-0.05, 0) is 37.6 Å². The Labute approximate surface area is 179 Å². The fourth-order valence-corrected chi connectivity index (χ4v) is 2.58. The van der Waals surface area contributed by atoms with Crippen molar-refractivity contribution in [3.05, 3.63) is 58.4 Å². The van der Waals surface area contributed by atoms with Crippen LogP contribution in [0.2, 0.25) is 5.02 Å². The first-order chi connectivity index (χ1) is 14.4. The highest BCUT2D eigenvalue weighted by molar-refractivity contribution is 6.35. The zero-order chi connectivity index (χ0) is 22.1. The summed E-state index contributed by atoms with van der Waals surface area (Å²) in [7, 11) is 1.46. The summed E-state index contributed by atoms with van der Waals surface area (Å²) in [4.78, 5) is 23.6. The molecule has 2 rings (SSSR count). The van der Waals surface area contributed by atoms with Crippen molar-refractivity contribution in [1.82, 2.24) is 10.7 Å². The van der Waals surface area contributed by atoms with Crippen LogP contribution in [0.5, 0.6) is 11.5 Å². The summed E-state index contributed by atoms with van der Waals surface area (Å²) in [5.74, 6) is -1.51. The Balaban J connectivity index is 2.14. The van der Waals surface area contributed by atoms with Crippen LogP contribution in [0.25, 0.3) is 0 Å². The van der Waals surface area contributed by atoms with E-state index in [1.54, 1.807) is 31.2 Å². The first-order valence-corrected chi connectivity index (χ1v) is 9.61. The van der Waals surface area contributed by atoms with Crippen LogP contribution >= 0.6 is 11.6 Å². The number of methoxy groups -OCH3 is 1. The molecule has 1 atom stereocenters. The molecule has 0 aromatic heterocycles. The van der Waals surface area contributed by atoms with Crippen LogP contribution < -0.4 is 20.2 Å². The number of hydrogen-bond acceptors (Lipinski definition) is 5. The molecule has 2 N–H and O–H groups in total. The summed E-state index contributed by atoms with van der Waals surface area (Å²) in [5, 5.41) is 6.58. The van der Waals surface area contributed by atoms with E-state index in [1.165, 1.54) is 25.5 Å². The summed E-state index contributed by atoms with van der Waals surface area (Å²) < 4.78 is 25.1. The Morgan fingerprint density at radius 1 is 1.23 bits per heavy atom. The largest absolute Gasteiger partial charge is 0.493 e. The van der Waals surface area contributed by atoms with E-state index in [0.717, 1.165) is 0 Å². The molecule has 0 saturated heterocycles. The fourth-order valence-electron chi connectivity index (χ4n) is 2.37. The van der Waals surface area contributed by atoms with Crippen LogP contribution in [0.4, 0.5) is 4.39 Å². The monoisotopic (exact) mass is 435 g/mol. The molecular weight excluding hydrogens is 413 g/mol. The van der Waals surface area contributed by atoms with Gasteiger partial charge in [-0.1, -0.05) is 30.7 Å². The van der Waals surface area contributed by atoms with Gasteiger partial charge in [0, 0.05) is 17.2 Å². The molecule has 2 aromatic carbocycles. The van der Waals surface area contributed by atoms with E-state index < -0.39 is 17.6 Å². The summed E-state index contributed by atoms with van der Waals surface area (Å²) in [6.45, 7) is 3.53. The fraction of sp³-hybridized carbons (Fsp3) is 0.286. The van der Waals surface area contributed by atoms with E-state index in [0.29, 0.717) is 17.7 Å². The number of nitrogens with one attached hydrogen (secondary N) is 2. The molecule has 9 heteroatoms. The molecule has 160 valence electrons. The maximum absolute atomic E-state index is 14.0. The number of ether oxygens (including phenoxy) is 2. The molecule has 0 spiro atoms. The number of nitrogens with zero attached hydrogens (tertiary/aromatic N) is 1. The number of carbonyl (C=O) groups excluding carboxylic acids is 2. The predicted molar refractivity (Wildman–Crippen MR) is 112 cm³/mol. The van der Waals surface area contributed by atoms with Crippen molar-refractivity contribution in [2.24, 2.45) is 5.10 Å². The van der Waals surface area contributed by atoms with E-state index in [9.17, 15) is 14.0 Å². The molecule has 0 radical (unpaired) electrons. The van der Waals surface area contributed by atoms with Crippen LogP contribution in [0, 0.1) is 5.82 Å². The molecule has 0 aliphatic rings. The van der Waals surface area contributed by atoms with Crippen molar-refractivity contribution in [1.29, 1.82) is 0 Å². The molecule has 7 nitrogen and oxygen atoms in total. The van der Waals surface area contributed by atoms with E-state index in [1.807, 2.05) is 6.92 Å². The van der Waals surface area contributed by atoms with Gasteiger partial charge in [-0.25, -0.2) is 9.82 Å². The minimum absolute atomic E-state index is 0.129. The number of halogens is 2. The van der Waals surface area contributed by atoms with Gasteiger partial charge in [-0.2, -0.15) is 5.10 Å². The van der Waals surface area contributed by atoms with Gasteiger partial charge in [0.2, 0.25) is 0 Å². The van der Waals surface area contributed by atoms with Crippen LogP contribution in [0.1, 0.15) is 31.4 Å². The van der Waals surface area contributed by atoms with Crippen molar-refractivity contribution in [2.75, 3.05) is 7.11 Å². The van der Waals surface area contributed by atoms with Crippen LogP contribution in [-0.4, -0.2) is 31.2 Å². The molecular formula is C21H23ClFN3O4. The lowest BCUT2D eigenvalue weighted by Crippen LogP contribution is -2.41. The van der Waals surface area contributed by atoms with Gasteiger partial charge in [0.1, 0.15) is 12.4 Å². The normalized spacial score (nSPS) is 11.8. The van der Waals surface area contributed by atoms with Crippen LogP contribution in [0.15, 0.2) is 41.5 Å². The Bertz CT molecular complexity index is 916. The van der Waals surface area contributed by atoms with Gasteiger partial charge in [-0.15, -0.1) is 0 Å². The van der Waals surface area contributed by atoms with E-state index >= 15 is 0 Å². The third-order valence-corrected chi connectivity index (χ3v) is 4.57. The highest BCUT2D eigenvalue weighted by Gasteiger charge is 2.15. The number of hydrogen-bond donors (Lipinski definition) is 2. The van der Waals surface area contributed by atoms with Gasteiger partial charge in [-0.3, -0.25) is 9.59 Å². The smallest absolute Gasteiger partial charge is 0.329 e. The van der Waals surface area contributed by atoms with Crippen LogP contribution in [-0.2, 0) is 16.2 Å². The first-order valence-electron chi connectivity index (χ1n) is 9.23. The number of amides is 2. The molecule has 0 aliphatic carbocycles. The van der Waals surface area contributed by atoms with Gasteiger partial charge >= 0.3 is 11.8 Å². The molecule has 2 amide bonds. The van der Waals surface area contributed by atoms with Gasteiger partial charge in [0.25, 0.3) is 0 Å². The van der Waals surface area contributed by atoms with E-state index in [4.69, 9.17) is 21.1 Å². The van der Waals surface area contributed by atoms with Crippen molar-refractivity contribution in [2.45, 2.75) is 32.9 Å². The van der Waals surface area contributed by atoms with Gasteiger partial charge in [0.15, 0.2) is 11.5 Å². The van der Waals surface area contributed by atoms with Crippen LogP contribution in [0.3, 0.4) is 0 Å². The summed E-state index contributed by atoms with van der Waals surface area (Å²) in [6, 6.07) is 9.24. The minimum Gasteiger partial charge on any atom is -0.493 e. The molecule has 0 fully saturated rings. The van der Waals surface area contributed by atoms with Crippen molar-refractivity contribution in [3.63, 3.8) is 0 Å². The maximum atomic E-state index is 14.0. The molecule has 0 saturated carbocycles. The molecule has 30 heavy (non-hydrogen) atoms. The zero-order valence-electron chi connectivity index (χ0n) is 16.9. The quantitative estimate of drug-likeness (QED) is 0.377. The molecule has 0 bridgehead atoms. The third-order valence-electron chi connectivity index (χ3n) is 4.22. The predicted octanol–water partition coefficient (Wildman–Crippen LogP) is 3.43. The molecule has 0 unspecified atom stereocenters. The molecule has 2 aromatic rings. The topological polar surface area (TPSA) is 89.0 Å². The van der Waals surface area contributed by atoms with Gasteiger partial charge in [0.05, 0.1) is 18.3 Å². The third kappa shape index (κ3) is 6.18. The number of rotatable bonds is 8. The highest BCUT2D eigenvalue weighted by atomic mass is 35.5. The second kappa shape index (κ2) is 11.2. The second-order valence-electron chi connectivity index (χ2n) is 6.35. The van der Waals surface area contributed by atoms with E-state index in [2.05, 4.69) is 15.8 Å². The average molecular weight is 436 g/mol. The lowest BCUT2D eigenvalue weighted by atomic mass is 10.2. The summed E-state index contributed by atoms with van der Waals surface area (Å²) in [6.07, 6.45) is 1.99. The zero-order valence-corrected chi connectivity index (χ0v) is 17.6. The Hall–Kier alpha value is -3.13. The average Bonchev–Trinajstić information content (AvgIpc) is 2.73. The minimum atomic E-state index is -0.893. The van der Waals surface area contributed by atoms with Crippen molar-refractivity contribution >= 4 is 29.6 Å². The summed E-state index contributed by atoms with van der Waals surface area (Å²) in [5.41, 5.74) is 2.80. The lowest BCUT2D eigenvalue weighted by Gasteiger charge is -2.14. The second-order valence-corrected chi connectivity index (χ2v) is 6.76. The number of para-hydroxylation sites is 1. The summed E-state index contributed by atoms with van der Waals surface area (Å²) >= 11 is 6.04. The number of benzene rings is 2. The SMILES string of the molecule is CC[C@@H](C)NC(=O)C(=O)N/N=C\c1cccc(OC)c1OCc1c(F)cccc1Cl. The Morgan fingerprint density at radius 3 is 2.63 bits per heavy atom. The molecule has 0 heterocycles. The van der Waals surface area contributed by atoms with Crippen molar-refractivity contribution in [3.8, 4) is 11.5 Å². The Kier molecular flexibility index (Phi) is 8.61. The lowest BCUT2D eigenvalue weighted by molar-refractivity contribution is -0.139. The Morgan fingerprint density at radius 2 is 1.97 bits per heavy atom. The standard InChI is InChI=1S/C21H23ClFN3O4/c1-4-13(2)25-20(27)21(28)26-24-11-14-7-5-10-18(29-3)19(14)30-12-15-16(22)8-6-9-17(15)23/h5-11,13H,4,12H2,1-3H3,(H,25,27)(H,26,28)/b24-11-/t13-/m1/s1. The van der Waals surface area contributed by atoms with Crippen molar-refractivity contribution < 1.29 is 23.5 Å². The first kappa shape index (κ1) is 23.2. The van der Waals surface area contributed by atoms with Gasteiger partial charge < -0.3 is 14.8 Å². The van der Waals surface area contributed by atoms with E-state index in [-0.39, 0.29) is 29.0 Å².